The standard InChI is InChI=1S/C11H15N3O4/c12-5-2-6-13-7-8-3-1-4-9(14(17)18)10(8)11(15)16/h1,3-4,13H,2,5-7,12H2,(H,15,16). The number of nitrogens with one attached hydrogen (secondary N) is 1. The van der Waals surface area contributed by atoms with Crippen molar-refractivity contribution in [3.05, 3.63) is 39.4 Å². The zero-order valence-electron chi connectivity index (χ0n) is 9.76. The first-order valence-corrected chi connectivity index (χ1v) is 5.48. The molecular formula is C11H15N3O4. The molecule has 7 heteroatoms. The van der Waals surface area contributed by atoms with E-state index < -0.39 is 10.9 Å². The summed E-state index contributed by atoms with van der Waals surface area (Å²) in [4.78, 5) is 21.2. The van der Waals surface area contributed by atoms with Gasteiger partial charge in [0.2, 0.25) is 0 Å². The van der Waals surface area contributed by atoms with E-state index in [1.165, 1.54) is 12.1 Å². The minimum atomic E-state index is -1.29. The molecule has 1 rings (SSSR count). The number of carboxylic acids is 1. The molecule has 0 heterocycles. The minimum absolute atomic E-state index is 0.261. The molecule has 7 nitrogen and oxygen atoms in total. The van der Waals surface area contributed by atoms with Gasteiger partial charge < -0.3 is 16.2 Å². The van der Waals surface area contributed by atoms with Crippen LogP contribution in [0.2, 0.25) is 0 Å². The smallest absolute Gasteiger partial charge is 0.343 e. The SMILES string of the molecule is NCCCNCc1cccc([N+](=O)[O-])c1C(=O)O. The second-order valence-electron chi connectivity index (χ2n) is 3.69. The fourth-order valence-electron chi connectivity index (χ4n) is 1.58. The van der Waals surface area contributed by atoms with E-state index in [1.54, 1.807) is 6.07 Å². The van der Waals surface area contributed by atoms with Crippen molar-refractivity contribution in [3.8, 4) is 0 Å². The molecule has 0 aromatic heterocycles. The quantitative estimate of drug-likeness (QED) is 0.374. The van der Waals surface area contributed by atoms with Crippen molar-refractivity contribution < 1.29 is 14.8 Å². The molecule has 0 radical (unpaired) electrons. The van der Waals surface area contributed by atoms with Crippen molar-refractivity contribution >= 4 is 11.7 Å². The van der Waals surface area contributed by atoms with Crippen LogP contribution in [-0.2, 0) is 6.54 Å². The number of rotatable bonds is 7. The van der Waals surface area contributed by atoms with E-state index in [0.29, 0.717) is 18.7 Å². The topological polar surface area (TPSA) is 118 Å². The summed E-state index contributed by atoms with van der Waals surface area (Å²) >= 11 is 0. The lowest BCUT2D eigenvalue weighted by Crippen LogP contribution is -2.19. The number of nitro benzene ring substituents is 1. The Morgan fingerprint density at radius 3 is 2.78 bits per heavy atom. The molecule has 0 aliphatic carbocycles. The van der Waals surface area contributed by atoms with E-state index in [-0.39, 0.29) is 17.8 Å². The van der Waals surface area contributed by atoms with Gasteiger partial charge in [0.25, 0.3) is 5.69 Å². The second-order valence-corrected chi connectivity index (χ2v) is 3.69. The van der Waals surface area contributed by atoms with Crippen LogP contribution in [0.15, 0.2) is 18.2 Å². The van der Waals surface area contributed by atoms with Gasteiger partial charge in [-0.05, 0) is 25.1 Å². The van der Waals surface area contributed by atoms with Crippen LogP contribution >= 0.6 is 0 Å². The van der Waals surface area contributed by atoms with Crippen molar-refractivity contribution in [2.45, 2.75) is 13.0 Å². The molecule has 1 aromatic rings. The van der Waals surface area contributed by atoms with Crippen molar-refractivity contribution in [1.29, 1.82) is 0 Å². The molecule has 0 atom stereocenters. The van der Waals surface area contributed by atoms with E-state index in [1.807, 2.05) is 0 Å². The van der Waals surface area contributed by atoms with Crippen LogP contribution in [0.5, 0.6) is 0 Å². The lowest BCUT2D eigenvalue weighted by Gasteiger charge is -2.07. The summed E-state index contributed by atoms with van der Waals surface area (Å²) in [5, 5.41) is 22.8. The van der Waals surface area contributed by atoms with Crippen molar-refractivity contribution in [2.75, 3.05) is 13.1 Å². The molecule has 1 aromatic carbocycles. The molecule has 0 spiro atoms. The Morgan fingerprint density at radius 2 is 2.22 bits per heavy atom. The maximum Gasteiger partial charge on any atom is 0.343 e. The molecule has 98 valence electrons. The largest absolute Gasteiger partial charge is 0.477 e. The van der Waals surface area contributed by atoms with Gasteiger partial charge in [0.15, 0.2) is 0 Å². The molecular weight excluding hydrogens is 238 g/mol. The van der Waals surface area contributed by atoms with Gasteiger partial charge in [-0.3, -0.25) is 10.1 Å². The van der Waals surface area contributed by atoms with Gasteiger partial charge in [0, 0.05) is 12.6 Å². The number of aromatic carboxylic acids is 1. The van der Waals surface area contributed by atoms with Crippen LogP contribution in [0.25, 0.3) is 0 Å². The Bertz CT molecular complexity index is 448. The number of nitrogens with zero attached hydrogens (tertiary/aromatic N) is 1. The predicted molar refractivity (Wildman–Crippen MR) is 65.4 cm³/mol. The Kier molecular flexibility index (Phi) is 5.22. The van der Waals surface area contributed by atoms with Crippen molar-refractivity contribution in [1.82, 2.24) is 5.32 Å². The normalized spacial score (nSPS) is 10.3. The summed E-state index contributed by atoms with van der Waals surface area (Å²) in [6.07, 6.45) is 0.761. The monoisotopic (exact) mass is 253 g/mol. The Labute approximate surface area is 104 Å². The maximum absolute atomic E-state index is 11.1. The number of hydrogen-bond donors (Lipinski definition) is 3. The highest BCUT2D eigenvalue weighted by Crippen LogP contribution is 2.22. The van der Waals surface area contributed by atoms with Gasteiger partial charge in [-0.25, -0.2) is 4.79 Å². The van der Waals surface area contributed by atoms with Crippen molar-refractivity contribution in [2.24, 2.45) is 5.73 Å². The highest BCUT2D eigenvalue weighted by atomic mass is 16.6. The van der Waals surface area contributed by atoms with Gasteiger partial charge >= 0.3 is 5.97 Å². The summed E-state index contributed by atoms with van der Waals surface area (Å²) in [5.41, 5.74) is 5.07. The number of nitrogens with two attached hydrogens (primary N) is 1. The molecule has 0 fully saturated rings. The zero-order valence-corrected chi connectivity index (χ0v) is 9.76. The molecule has 18 heavy (non-hydrogen) atoms. The highest BCUT2D eigenvalue weighted by Gasteiger charge is 2.22. The van der Waals surface area contributed by atoms with Gasteiger partial charge in [0.05, 0.1) is 4.92 Å². The van der Waals surface area contributed by atoms with Gasteiger partial charge in [-0.2, -0.15) is 0 Å². The molecule has 4 N–H and O–H groups in total. The van der Waals surface area contributed by atoms with E-state index in [4.69, 9.17) is 10.8 Å². The number of nitro groups is 1. The zero-order chi connectivity index (χ0) is 13.5. The molecule has 0 aliphatic rings. The Hall–Kier alpha value is -1.99. The van der Waals surface area contributed by atoms with E-state index in [0.717, 1.165) is 6.42 Å². The third-order valence-corrected chi connectivity index (χ3v) is 2.41. The molecule has 0 saturated heterocycles. The summed E-state index contributed by atoms with van der Waals surface area (Å²) in [5.74, 6) is -1.29. The van der Waals surface area contributed by atoms with Crippen LogP contribution in [0, 0.1) is 10.1 Å². The lowest BCUT2D eigenvalue weighted by atomic mass is 10.1. The minimum Gasteiger partial charge on any atom is -0.477 e. The van der Waals surface area contributed by atoms with Gasteiger partial charge in [-0.1, -0.05) is 12.1 Å². The second kappa shape index (κ2) is 6.67. The summed E-state index contributed by atoms with van der Waals surface area (Å²) in [6, 6.07) is 4.23. The highest BCUT2D eigenvalue weighted by molar-refractivity contribution is 5.94. The van der Waals surface area contributed by atoms with Crippen LogP contribution in [-0.4, -0.2) is 29.1 Å². The molecule has 0 unspecified atom stereocenters. The first-order valence-electron chi connectivity index (χ1n) is 5.48. The number of hydrogen-bond acceptors (Lipinski definition) is 5. The molecule has 0 amide bonds. The first kappa shape index (κ1) is 14.1. The summed E-state index contributed by atoms with van der Waals surface area (Å²) in [6.45, 7) is 1.44. The Balaban J connectivity index is 2.93. The lowest BCUT2D eigenvalue weighted by molar-refractivity contribution is -0.385. The van der Waals surface area contributed by atoms with Crippen molar-refractivity contribution in [3.63, 3.8) is 0 Å². The summed E-state index contributed by atoms with van der Waals surface area (Å²) in [7, 11) is 0. The van der Waals surface area contributed by atoms with E-state index in [2.05, 4.69) is 5.32 Å². The predicted octanol–water partition coefficient (Wildman–Crippen LogP) is 0.731. The average Bonchev–Trinajstić information content (AvgIpc) is 2.33. The fourth-order valence-corrected chi connectivity index (χ4v) is 1.58. The number of carboxylic acid groups (broad SMARTS) is 1. The third-order valence-electron chi connectivity index (χ3n) is 2.41. The molecule has 0 saturated carbocycles. The molecule has 0 aliphatic heterocycles. The van der Waals surface area contributed by atoms with Crippen LogP contribution < -0.4 is 11.1 Å². The van der Waals surface area contributed by atoms with E-state index >= 15 is 0 Å². The average molecular weight is 253 g/mol. The first-order chi connectivity index (χ1) is 8.57. The fraction of sp³-hybridized carbons (Fsp3) is 0.364. The van der Waals surface area contributed by atoms with Gasteiger partial charge in [0.1, 0.15) is 5.56 Å². The van der Waals surface area contributed by atoms with Gasteiger partial charge in [-0.15, -0.1) is 0 Å². The van der Waals surface area contributed by atoms with Crippen LogP contribution in [0.3, 0.4) is 0 Å². The maximum atomic E-state index is 11.1. The number of carbonyl (C=O) groups is 1. The number of benzene rings is 1. The van der Waals surface area contributed by atoms with Crippen LogP contribution in [0.1, 0.15) is 22.3 Å². The van der Waals surface area contributed by atoms with E-state index in [9.17, 15) is 14.9 Å². The Morgan fingerprint density at radius 1 is 1.50 bits per heavy atom. The van der Waals surface area contributed by atoms with Crippen LogP contribution in [0.4, 0.5) is 5.69 Å². The summed E-state index contributed by atoms with van der Waals surface area (Å²) < 4.78 is 0. The third kappa shape index (κ3) is 3.51. The molecule has 0 bridgehead atoms.